The van der Waals surface area contributed by atoms with Gasteiger partial charge in [-0.1, -0.05) is 109 Å². The van der Waals surface area contributed by atoms with Gasteiger partial charge in [-0.3, -0.25) is 0 Å². The maximum Gasteiger partial charge on any atom is 0.141 e. The molecule has 0 saturated heterocycles. The highest BCUT2D eigenvalue weighted by Crippen LogP contribution is 2.44. The van der Waals surface area contributed by atoms with Gasteiger partial charge in [0, 0.05) is 12.1 Å². The van der Waals surface area contributed by atoms with Crippen molar-refractivity contribution in [3.8, 4) is 22.5 Å². The summed E-state index contributed by atoms with van der Waals surface area (Å²) in [5.41, 5.74) is 5.75. The number of aromatic nitrogens is 2. The van der Waals surface area contributed by atoms with Crippen LogP contribution < -0.4 is 0 Å². The van der Waals surface area contributed by atoms with E-state index < -0.39 is 0 Å². The van der Waals surface area contributed by atoms with E-state index >= 15 is 0 Å². The zero-order valence-corrected chi connectivity index (χ0v) is 24.9. The van der Waals surface area contributed by atoms with Gasteiger partial charge in [0.25, 0.3) is 0 Å². The quantitative estimate of drug-likeness (QED) is 0.193. The van der Waals surface area contributed by atoms with Crippen LogP contribution in [0.4, 0.5) is 0 Å². The number of para-hydroxylation sites is 2. The Kier molecular flexibility index (Phi) is 5.01. The molecule has 0 spiro atoms. The molecule has 0 saturated carbocycles. The van der Waals surface area contributed by atoms with Gasteiger partial charge in [0.1, 0.15) is 5.82 Å². The van der Waals surface area contributed by atoms with Crippen molar-refractivity contribution in [3.63, 3.8) is 0 Å². The minimum absolute atomic E-state index is 0.868. The maximum atomic E-state index is 5.07. The third-order valence-corrected chi connectivity index (χ3v) is 9.85. The fraction of sp³-hybridized carbons (Fsp3) is 0.0465. The SMILES string of the molecule is CCn1c(-c2cccc(-c3cc4ccc5cccc6c7cccc8ccc9cccc(c(c3)c4c56)c9c87)c2)nc2ccccc21. The van der Waals surface area contributed by atoms with Gasteiger partial charge in [0.2, 0.25) is 0 Å². The van der Waals surface area contributed by atoms with Crippen LogP contribution in [-0.2, 0) is 6.54 Å². The number of hydrogen-bond acceptors (Lipinski definition) is 1. The fourth-order valence-electron chi connectivity index (χ4n) is 7.90. The number of aryl methyl sites for hydroxylation is 1. The summed E-state index contributed by atoms with van der Waals surface area (Å²) in [5, 5.41) is 15.6. The predicted octanol–water partition coefficient (Wildman–Crippen LogP) is 11.7. The minimum atomic E-state index is 0.868. The second-order valence-electron chi connectivity index (χ2n) is 12.2. The Balaban J connectivity index is 1.34. The van der Waals surface area contributed by atoms with Crippen molar-refractivity contribution in [2.45, 2.75) is 13.5 Å². The Labute approximate surface area is 260 Å². The van der Waals surface area contributed by atoms with Gasteiger partial charge in [-0.2, -0.15) is 0 Å². The van der Waals surface area contributed by atoms with E-state index in [1.165, 1.54) is 81.3 Å². The minimum Gasteiger partial charge on any atom is -0.324 e. The van der Waals surface area contributed by atoms with Gasteiger partial charge in [-0.25, -0.2) is 4.98 Å². The van der Waals surface area contributed by atoms with Gasteiger partial charge in [-0.05, 0) is 113 Å². The number of nitrogens with zero attached hydrogens (tertiary/aromatic N) is 2. The van der Waals surface area contributed by atoms with Gasteiger partial charge in [0.15, 0.2) is 0 Å². The Morgan fingerprint density at radius 2 is 1.00 bits per heavy atom. The number of hydrogen-bond donors (Lipinski definition) is 0. The number of rotatable bonds is 3. The number of imidazole rings is 1. The molecule has 9 aromatic carbocycles. The summed E-state index contributed by atoms with van der Waals surface area (Å²) in [5.74, 6) is 1.01. The Hall–Kier alpha value is -5.73. The summed E-state index contributed by atoms with van der Waals surface area (Å²) >= 11 is 0. The largest absolute Gasteiger partial charge is 0.324 e. The van der Waals surface area contributed by atoms with Crippen LogP contribution in [0.25, 0.3) is 98.2 Å². The molecule has 0 aliphatic rings. The van der Waals surface area contributed by atoms with Crippen molar-refractivity contribution in [1.29, 1.82) is 0 Å². The summed E-state index contributed by atoms with van der Waals surface area (Å²) in [6.45, 7) is 3.06. The highest BCUT2D eigenvalue weighted by Gasteiger charge is 2.17. The van der Waals surface area contributed by atoms with E-state index in [2.05, 4.69) is 151 Å². The molecule has 0 N–H and O–H groups in total. The number of benzene rings is 8. The second kappa shape index (κ2) is 9.14. The molecule has 0 amide bonds. The van der Waals surface area contributed by atoms with Crippen molar-refractivity contribution in [3.05, 3.63) is 140 Å². The standard InChI is InChI=1S/C43H28N2/c1-2-45-38-18-4-3-17-37(38)44-43(45)31-13-5-12-29(23-31)32-24-30-22-21-28-10-7-15-34-33-14-6-9-26-19-20-27-11-8-16-35(41(27)39(26)33)36(25-32)42(30)40(28)34/h3-25H,2H2,1H3. The molecule has 0 bridgehead atoms. The molecule has 10 rings (SSSR count). The van der Waals surface area contributed by atoms with Crippen LogP contribution in [0.1, 0.15) is 6.92 Å². The van der Waals surface area contributed by atoms with Crippen LogP contribution in [0, 0.1) is 0 Å². The molecule has 2 heteroatoms. The van der Waals surface area contributed by atoms with Gasteiger partial charge in [0.05, 0.1) is 11.0 Å². The van der Waals surface area contributed by atoms with E-state index in [0.717, 1.165) is 23.4 Å². The summed E-state index contributed by atoms with van der Waals surface area (Å²) < 4.78 is 2.32. The lowest BCUT2D eigenvalue weighted by Crippen LogP contribution is -1.97. The first-order valence-corrected chi connectivity index (χ1v) is 15.8. The molecular weight excluding hydrogens is 544 g/mol. The first-order valence-electron chi connectivity index (χ1n) is 15.8. The molecule has 10 aromatic rings. The van der Waals surface area contributed by atoms with E-state index in [0.29, 0.717) is 0 Å². The molecule has 2 nitrogen and oxygen atoms in total. The molecule has 45 heavy (non-hydrogen) atoms. The molecule has 0 unspecified atom stereocenters. The van der Waals surface area contributed by atoms with Gasteiger partial charge < -0.3 is 4.57 Å². The highest BCUT2D eigenvalue weighted by atomic mass is 15.1. The lowest BCUT2D eigenvalue weighted by atomic mass is 9.86. The van der Waals surface area contributed by atoms with Crippen LogP contribution in [0.15, 0.2) is 140 Å². The topological polar surface area (TPSA) is 17.8 Å². The van der Waals surface area contributed by atoms with Crippen LogP contribution >= 0.6 is 0 Å². The average molecular weight is 573 g/mol. The molecule has 0 fully saturated rings. The smallest absolute Gasteiger partial charge is 0.141 e. The van der Waals surface area contributed by atoms with E-state index in [1.807, 2.05) is 0 Å². The van der Waals surface area contributed by atoms with Gasteiger partial charge >= 0.3 is 0 Å². The summed E-state index contributed by atoms with van der Waals surface area (Å²) in [7, 11) is 0. The van der Waals surface area contributed by atoms with Gasteiger partial charge in [-0.15, -0.1) is 0 Å². The molecule has 210 valence electrons. The molecular formula is C43H28N2. The zero-order valence-electron chi connectivity index (χ0n) is 24.9. The molecule has 0 aliphatic heterocycles. The third-order valence-electron chi connectivity index (χ3n) is 9.85. The Bertz CT molecular complexity index is 2790. The second-order valence-corrected chi connectivity index (χ2v) is 12.2. The maximum absolute atomic E-state index is 5.07. The zero-order chi connectivity index (χ0) is 29.6. The van der Waals surface area contributed by atoms with E-state index in [4.69, 9.17) is 4.98 Å². The van der Waals surface area contributed by atoms with Crippen molar-refractivity contribution in [1.82, 2.24) is 9.55 Å². The summed E-state index contributed by atoms with van der Waals surface area (Å²) in [6, 6.07) is 51.7. The van der Waals surface area contributed by atoms with E-state index in [-0.39, 0.29) is 0 Å². The molecule has 0 aliphatic carbocycles. The number of fused-ring (bicyclic) bond motifs is 3. The third kappa shape index (κ3) is 3.42. The lowest BCUT2D eigenvalue weighted by molar-refractivity contribution is 0.796. The predicted molar refractivity (Wildman–Crippen MR) is 193 cm³/mol. The first kappa shape index (κ1) is 24.7. The van der Waals surface area contributed by atoms with Crippen LogP contribution in [0.5, 0.6) is 0 Å². The lowest BCUT2D eigenvalue weighted by Gasteiger charge is -2.17. The average Bonchev–Trinajstić information content (AvgIpc) is 3.48. The van der Waals surface area contributed by atoms with Crippen molar-refractivity contribution in [2.75, 3.05) is 0 Å². The summed E-state index contributed by atoms with van der Waals surface area (Å²) in [4.78, 5) is 5.07. The summed E-state index contributed by atoms with van der Waals surface area (Å²) in [6.07, 6.45) is 0. The normalized spacial score (nSPS) is 12.2. The highest BCUT2D eigenvalue weighted by molar-refractivity contribution is 6.37. The van der Waals surface area contributed by atoms with Crippen molar-refractivity contribution < 1.29 is 0 Å². The Morgan fingerprint density at radius 3 is 1.67 bits per heavy atom. The van der Waals surface area contributed by atoms with Crippen LogP contribution in [-0.4, -0.2) is 9.55 Å². The molecule has 0 radical (unpaired) electrons. The molecule has 1 heterocycles. The monoisotopic (exact) mass is 572 g/mol. The van der Waals surface area contributed by atoms with Crippen LogP contribution in [0.2, 0.25) is 0 Å². The van der Waals surface area contributed by atoms with E-state index in [1.54, 1.807) is 0 Å². The molecule has 1 aromatic heterocycles. The van der Waals surface area contributed by atoms with E-state index in [9.17, 15) is 0 Å². The fourth-order valence-corrected chi connectivity index (χ4v) is 7.90. The van der Waals surface area contributed by atoms with Crippen molar-refractivity contribution >= 4 is 75.7 Å². The molecule has 0 atom stereocenters. The van der Waals surface area contributed by atoms with Crippen LogP contribution in [0.3, 0.4) is 0 Å². The van der Waals surface area contributed by atoms with Crippen molar-refractivity contribution in [2.24, 2.45) is 0 Å². The first-order chi connectivity index (χ1) is 22.3. The Morgan fingerprint density at radius 1 is 0.444 bits per heavy atom.